The number of carbonyl (C=O) groups excluding carboxylic acids is 1. The molecule has 0 aromatic heterocycles. The van der Waals surface area contributed by atoms with Crippen molar-refractivity contribution in [1.29, 1.82) is 0 Å². The second kappa shape index (κ2) is 3.95. The van der Waals surface area contributed by atoms with Gasteiger partial charge < -0.3 is 4.79 Å². The fourth-order valence-electron chi connectivity index (χ4n) is 2.24. The Hall–Kier alpha value is -1.11. The van der Waals surface area contributed by atoms with Crippen LogP contribution in [0.1, 0.15) is 36.5 Å². The molecule has 2 rings (SSSR count). The van der Waals surface area contributed by atoms with E-state index in [1.165, 1.54) is 36.0 Å². The molecule has 1 aliphatic rings. The van der Waals surface area contributed by atoms with Crippen LogP contribution in [0.15, 0.2) is 18.2 Å². The van der Waals surface area contributed by atoms with Crippen molar-refractivity contribution in [1.82, 2.24) is 0 Å². The summed E-state index contributed by atoms with van der Waals surface area (Å²) in [4.78, 5) is 10.9. The lowest BCUT2D eigenvalue weighted by atomic mass is 9.99. The molecule has 0 fully saturated rings. The van der Waals surface area contributed by atoms with Crippen LogP contribution in [-0.2, 0) is 24.1 Å². The summed E-state index contributed by atoms with van der Waals surface area (Å²) in [5, 5.41) is 0. The van der Waals surface area contributed by atoms with E-state index in [0.29, 0.717) is 12.2 Å². The van der Waals surface area contributed by atoms with Crippen molar-refractivity contribution in [3.05, 3.63) is 34.9 Å². The lowest BCUT2D eigenvalue weighted by molar-refractivity contribution is -0.116. The Balaban J connectivity index is 2.17. The molecule has 1 aromatic rings. The van der Waals surface area contributed by atoms with E-state index in [4.69, 9.17) is 0 Å². The summed E-state index contributed by atoms with van der Waals surface area (Å²) in [6, 6.07) is 6.52. The molecule has 1 aliphatic carbocycles. The van der Waals surface area contributed by atoms with Crippen LogP contribution in [-0.4, -0.2) is 5.78 Å². The number of rotatable bonds is 3. The lowest BCUT2D eigenvalue weighted by Gasteiger charge is -2.06. The minimum absolute atomic E-state index is 0.292. The van der Waals surface area contributed by atoms with Crippen molar-refractivity contribution >= 4 is 5.78 Å². The number of hydrogen-bond donors (Lipinski definition) is 0. The summed E-state index contributed by atoms with van der Waals surface area (Å²) in [6.07, 6.45) is 5.34. The highest BCUT2D eigenvalue weighted by atomic mass is 16.1. The van der Waals surface area contributed by atoms with Gasteiger partial charge in [-0.3, -0.25) is 0 Å². The van der Waals surface area contributed by atoms with Crippen LogP contribution in [0.2, 0.25) is 0 Å². The SMILES string of the molecule is CC(=O)CCc1cccc2c1CCC2. The second-order valence-corrected chi connectivity index (χ2v) is 4.11. The van der Waals surface area contributed by atoms with E-state index in [9.17, 15) is 4.79 Å². The first kappa shape index (κ1) is 9.45. The molecule has 74 valence electrons. The van der Waals surface area contributed by atoms with E-state index < -0.39 is 0 Å². The van der Waals surface area contributed by atoms with Crippen molar-refractivity contribution in [2.75, 3.05) is 0 Å². The Morgan fingerprint density at radius 1 is 1.36 bits per heavy atom. The summed E-state index contributed by atoms with van der Waals surface area (Å²) in [5.74, 6) is 0.292. The smallest absolute Gasteiger partial charge is 0.130 e. The van der Waals surface area contributed by atoms with E-state index in [1.54, 1.807) is 6.92 Å². The van der Waals surface area contributed by atoms with Gasteiger partial charge in [-0.05, 0) is 49.3 Å². The molecule has 1 nitrogen and oxygen atoms in total. The third-order valence-corrected chi connectivity index (χ3v) is 2.99. The molecular weight excluding hydrogens is 172 g/mol. The summed E-state index contributed by atoms with van der Waals surface area (Å²) in [7, 11) is 0. The molecule has 1 aromatic carbocycles. The first-order valence-electron chi connectivity index (χ1n) is 5.36. The van der Waals surface area contributed by atoms with Gasteiger partial charge in [0.1, 0.15) is 5.78 Å². The second-order valence-electron chi connectivity index (χ2n) is 4.11. The van der Waals surface area contributed by atoms with Crippen LogP contribution in [0.5, 0.6) is 0 Å². The van der Waals surface area contributed by atoms with Gasteiger partial charge >= 0.3 is 0 Å². The fraction of sp³-hybridized carbons (Fsp3) is 0.462. The number of aryl methyl sites for hydroxylation is 2. The summed E-state index contributed by atoms with van der Waals surface area (Å²) in [6.45, 7) is 1.67. The first-order chi connectivity index (χ1) is 6.77. The van der Waals surface area contributed by atoms with Gasteiger partial charge in [0.05, 0.1) is 0 Å². The van der Waals surface area contributed by atoms with Gasteiger partial charge in [0.2, 0.25) is 0 Å². The Morgan fingerprint density at radius 2 is 2.21 bits per heavy atom. The van der Waals surface area contributed by atoms with E-state index in [1.807, 2.05) is 0 Å². The van der Waals surface area contributed by atoms with Crippen molar-refractivity contribution in [3.63, 3.8) is 0 Å². The van der Waals surface area contributed by atoms with Gasteiger partial charge in [0.15, 0.2) is 0 Å². The zero-order valence-electron chi connectivity index (χ0n) is 8.68. The first-order valence-corrected chi connectivity index (χ1v) is 5.36. The maximum Gasteiger partial charge on any atom is 0.130 e. The molecule has 0 radical (unpaired) electrons. The Morgan fingerprint density at radius 3 is 3.00 bits per heavy atom. The molecule has 1 heteroatoms. The Bertz CT molecular complexity index is 352. The normalized spacial score (nSPS) is 14.1. The molecule has 0 unspecified atom stereocenters. The minimum atomic E-state index is 0.292. The molecule has 0 saturated carbocycles. The molecular formula is C13H16O. The molecule has 14 heavy (non-hydrogen) atoms. The van der Waals surface area contributed by atoms with Gasteiger partial charge in [-0.25, -0.2) is 0 Å². The maximum atomic E-state index is 10.9. The van der Waals surface area contributed by atoms with Gasteiger partial charge in [0, 0.05) is 6.42 Å². The quantitative estimate of drug-likeness (QED) is 0.712. The van der Waals surface area contributed by atoms with Crippen LogP contribution in [0.25, 0.3) is 0 Å². The number of ketones is 1. The van der Waals surface area contributed by atoms with Crippen LogP contribution in [0.4, 0.5) is 0 Å². The van der Waals surface area contributed by atoms with Crippen LogP contribution in [0.3, 0.4) is 0 Å². The van der Waals surface area contributed by atoms with Crippen molar-refractivity contribution < 1.29 is 4.79 Å². The molecule has 0 atom stereocenters. The number of Topliss-reactive ketones (excluding diaryl/α,β-unsaturated/α-hetero) is 1. The zero-order chi connectivity index (χ0) is 9.97. The highest BCUT2D eigenvalue weighted by Crippen LogP contribution is 2.25. The monoisotopic (exact) mass is 188 g/mol. The number of fused-ring (bicyclic) bond motifs is 1. The molecule has 0 saturated heterocycles. The topological polar surface area (TPSA) is 17.1 Å². The van der Waals surface area contributed by atoms with E-state index in [-0.39, 0.29) is 0 Å². The highest BCUT2D eigenvalue weighted by Gasteiger charge is 2.13. The maximum absolute atomic E-state index is 10.9. The molecule has 0 amide bonds. The molecule has 0 spiro atoms. The average Bonchev–Trinajstić information content (AvgIpc) is 2.62. The summed E-state index contributed by atoms with van der Waals surface area (Å²) >= 11 is 0. The van der Waals surface area contributed by atoms with Crippen LogP contribution in [0, 0.1) is 0 Å². The van der Waals surface area contributed by atoms with Crippen LogP contribution < -0.4 is 0 Å². The van der Waals surface area contributed by atoms with Gasteiger partial charge in [0.25, 0.3) is 0 Å². The Kier molecular flexibility index (Phi) is 2.67. The van der Waals surface area contributed by atoms with E-state index in [2.05, 4.69) is 18.2 Å². The number of hydrogen-bond acceptors (Lipinski definition) is 1. The van der Waals surface area contributed by atoms with E-state index >= 15 is 0 Å². The largest absolute Gasteiger partial charge is 0.300 e. The third kappa shape index (κ3) is 1.87. The standard InChI is InChI=1S/C13H16O/c1-10(14)8-9-12-5-2-4-11-6-3-7-13(11)12/h2,4-5H,3,6-9H2,1H3. The predicted octanol–water partition coefficient (Wildman–Crippen LogP) is 2.70. The van der Waals surface area contributed by atoms with Gasteiger partial charge in [-0.15, -0.1) is 0 Å². The predicted molar refractivity (Wildman–Crippen MR) is 57.5 cm³/mol. The minimum Gasteiger partial charge on any atom is -0.300 e. The van der Waals surface area contributed by atoms with Crippen molar-refractivity contribution in [2.45, 2.75) is 39.0 Å². The third-order valence-electron chi connectivity index (χ3n) is 2.99. The molecule has 0 N–H and O–H groups in total. The Labute approximate surface area is 85.1 Å². The lowest BCUT2D eigenvalue weighted by Crippen LogP contribution is -1.98. The van der Waals surface area contributed by atoms with Crippen molar-refractivity contribution in [2.24, 2.45) is 0 Å². The molecule has 0 aliphatic heterocycles. The summed E-state index contributed by atoms with van der Waals surface area (Å²) in [5.41, 5.74) is 4.43. The highest BCUT2D eigenvalue weighted by molar-refractivity contribution is 5.75. The van der Waals surface area contributed by atoms with Crippen molar-refractivity contribution in [3.8, 4) is 0 Å². The molecule has 0 bridgehead atoms. The summed E-state index contributed by atoms with van der Waals surface area (Å²) < 4.78 is 0. The average molecular weight is 188 g/mol. The van der Waals surface area contributed by atoms with Gasteiger partial charge in [-0.2, -0.15) is 0 Å². The van der Waals surface area contributed by atoms with Gasteiger partial charge in [-0.1, -0.05) is 18.2 Å². The van der Waals surface area contributed by atoms with Crippen LogP contribution >= 0.6 is 0 Å². The van der Waals surface area contributed by atoms with E-state index in [0.717, 1.165) is 6.42 Å². The fourth-order valence-corrected chi connectivity index (χ4v) is 2.24. The number of carbonyl (C=O) groups is 1. The zero-order valence-corrected chi connectivity index (χ0v) is 8.68. The molecule has 0 heterocycles. The number of benzene rings is 1.